The average molecular weight is 640 g/mol. The first-order valence-corrected chi connectivity index (χ1v) is 13.2. The molecule has 38 heavy (non-hydrogen) atoms. The number of furan rings is 1. The Morgan fingerprint density at radius 3 is 2.71 bits per heavy atom. The zero-order valence-electron chi connectivity index (χ0n) is 20.2. The first-order valence-electron chi connectivity index (χ1n) is 11.7. The average Bonchev–Trinajstić information content (AvgIpc) is 3.32. The molecule has 0 radical (unpaired) electrons. The van der Waals surface area contributed by atoms with Crippen molar-refractivity contribution >= 4 is 65.6 Å². The monoisotopic (exact) mass is 638 g/mol. The number of nitrogens with zero attached hydrogens (tertiary/aromatic N) is 4. The van der Waals surface area contributed by atoms with Crippen LogP contribution in [0.4, 0.5) is 5.69 Å². The normalized spacial score (nSPS) is 12.4. The van der Waals surface area contributed by atoms with Gasteiger partial charge in [-0.15, -0.1) is 0 Å². The summed E-state index contributed by atoms with van der Waals surface area (Å²) in [6, 6.07) is 17.3. The van der Waals surface area contributed by atoms with E-state index in [1.807, 2.05) is 32.0 Å². The molecule has 5 rings (SSSR count). The van der Waals surface area contributed by atoms with Crippen LogP contribution < -0.4 is 10.3 Å². The molecule has 0 amide bonds. The Morgan fingerprint density at radius 2 is 1.95 bits per heavy atom. The second-order valence-corrected chi connectivity index (χ2v) is 10.4. The lowest BCUT2D eigenvalue weighted by atomic mass is 10.2. The molecule has 0 unspecified atom stereocenters. The van der Waals surface area contributed by atoms with Crippen molar-refractivity contribution in [1.29, 1.82) is 0 Å². The van der Waals surface area contributed by atoms with Gasteiger partial charge in [-0.05, 0) is 55.8 Å². The smallest absolute Gasteiger partial charge is 0.312 e. The minimum absolute atomic E-state index is 0.0632. The van der Waals surface area contributed by atoms with E-state index in [0.717, 1.165) is 14.5 Å². The first-order chi connectivity index (χ1) is 18.2. The first kappa shape index (κ1) is 25.8. The molecule has 0 saturated heterocycles. The Balaban J connectivity index is 1.73. The van der Waals surface area contributed by atoms with E-state index in [1.54, 1.807) is 36.4 Å². The topological polar surface area (TPSA) is 113 Å². The molecule has 3 aromatic carbocycles. The SMILES string of the molecule is CC[C@@H](C)Oc1c(C=Nn2c(-c3cc4cc(Br)ccc4o3)nc3ccccc3c2=O)cc(Br)cc1[N+](=O)[O-]. The molecule has 9 nitrogen and oxygen atoms in total. The number of nitro groups is 1. The predicted molar refractivity (Wildman–Crippen MR) is 153 cm³/mol. The number of hydrogen-bond acceptors (Lipinski definition) is 7. The molecule has 1 atom stereocenters. The highest BCUT2D eigenvalue weighted by Crippen LogP contribution is 2.35. The van der Waals surface area contributed by atoms with Crippen molar-refractivity contribution in [3.63, 3.8) is 0 Å². The van der Waals surface area contributed by atoms with Crippen LogP contribution in [0.5, 0.6) is 5.75 Å². The molecule has 0 aliphatic heterocycles. The van der Waals surface area contributed by atoms with Crippen molar-refractivity contribution in [2.45, 2.75) is 26.4 Å². The number of ether oxygens (including phenoxy) is 1. The summed E-state index contributed by atoms with van der Waals surface area (Å²) in [6.07, 6.45) is 1.72. The number of hydrogen-bond donors (Lipinski definition) is 0. The third kappa shape index (κ3) is 4.99. The van der Waals surface area contributed by atoms with Crippen LogP contribution in [-0.2, 0) is 0 Å². The maximum Gasteiger partial charge on any atom is 0.312 e. The summed E-state index contributed by atoms with van der Waals surface area (Å²) in [7, 11) is 0. The van der Waals surface area contributed by atoms with Gasteiger partial charge < -0.3 is 9.15 Å². The summed E-state index contributed by atoms with van der Waals surface area (Å²) in [5.74, 6) is 0.591. The van der Waals surface area contributed by atoms with Gasteiger partial charge in [0.2, 0.25) is 11.6 Å². The summed E-state index contributed by atoms with van der Waals surface area (Å²) < 4.78 is 14.4. The fraction of sp³-hybridized carbons (Fsp3) is 0.148. The highest BCUT2D eigenvalue weighted by molar-refractivity contribution is 9.10. The van der Waals surface area contributed by atoms with Crippen LogP contribution in [-0.4, -0.2) is 26.9 Å². The molecule has 0 fully saturated rings. The zero-order chi connectivity index (χ0) is 27.0. The van der Waals surface area contributed by atoms with Crippen LogP contribution in [0.25, 0.3) is 33.5 Å². The van der Waals surface area contributed by atoms with Gasteiger partial charge in [0.05, 0.1) is 28.1 Å². The number of halogens is 2. The van der Waals surface area contributed by atoms with E-state index in [2.05, 4.69) is 41.9 Å². The number of benzene rings is 3. The Morgan fingerprint density at radius 1 is 1.16 bits per heavy atom. The number of fused-ring (bicyclic) bond motifs is 2. The maximum atomic E-state index is 13.6. The third-order valence-corrected chi connectivity index (χ3v) is 6.87. The second kappa shape index (κ2) is 10.5. The lowest BCUT2D eigenvalue weighted by Crippen LogP contribution is -2.20. The van der Waals surface area contributed by atoms with Crippen LogP contribution in [0.15, 0.2) is 83.9 Å². The molecule has 0 spiro atoms. The number of nitro benzene ring substituents is 1. The predicted octanol–water partition coefficient (Wildman–Crippen LogP) is 7.30. The Bertz CT molecular complexity index is 1790. The molecule has 5 aromatic rings. The van der Waals surface area contributed by atoms with Gasteiger partial charge in [-0.1, -0.05) is 50.9 Å². The molecule has 0 aliphatic carbocycles. The highest BCUT2D eigenvalue weighted by atomic mass is 79.9. The Labute approximate surface area is 233 Å². The summed E-state index contributed by atoms with van der Waals surface area (Å²) in [5.41, 5.74) is 0.795. The van der Waals surface area contributed by atoms with Gasteiger partial charge in [-0.2, -0.15) is 9.78 Å². The molecular formula is C27H20Br2N4O5. The van der Waals surface area contributed by atoms with Crippen molar-refractivity contribution in [1.82, 2.24) is 9.66 Å². The molecular weight excluding hydrogens is 620 g/mol. The fourth-order valence-corrected chi connectivity index (χ4v) is 4.72. The lowest BCUT2D eigenvalue weighted by Gasteiger charge is -2.15. The van der Waals surface area contributed by atoms with Gasteiger partial charge in [-0.25, -0.2) is 4.98 Å². The van der Waals surface area contributed by atoms with E-state index in [0.29, 0.717) is 38.7 Å². The van der Waals surface area contributed by atoms with E-state index in [9.17, 15) is 14.9 Å². The fourth-order valence-electron chi connectivity index (χ4n) is 3.88. The second-order valence-electron chi connectivity index (χ2n) is 8.54. The Kier molecular flexibility index (Phi) is 7.13. The molecule has 192 valence electrons. The zero-order valence-corrected chi connectivity index (χ0v) is 23.4. The summed E-state index contributed by atoms with van der Waals surface area (Å²) >= 11 is 6.79. The van der Waals surface area contributed by atoms with E-state index in [4.69, 9.17) is 9.15 Å². The molecule has 0 bridgehead atoms. The van der Waals surface area contributed by atoms with Gasteiger partial charge in [0, 0.05) is 26.0 Å². The minimum Gasteiger partial charge on any atom is -0.483 e. The van der Waals surface area contributed by atoms with Crippen molar-refractivity contribution in [3.8, 4) is 17.3 Å². The van der Waals surface area contributed by atoms with Crippen LogP contribution in [0.1, 0.15) is 25.8 Å². The number of rotatable bonds is 7. The van der Waals surface area contributed by atoms with Crippen molar-refractivity contribution in [2.24, 2.45) is 5.10 Å². The van der Waals surface area contributed by atoms with Crippen molar-refractivity contribution in [3.05, 3.63) is 95.6 Å². The summed E-state index contributed by atoms with van der Waals surface area (Å²) in [5, 5.41) is 17.4. The van der Waals surface area contributed by atoms with Crippen molar-refractivity contribution in [2.75, 3.05) is 0 Å². The minimum atomic E-state index is -0.512. The molecule has 0 N–H and O–H groups in total. The van der Waals surface area contributed by atoms with Crippen molar-refractivity contribution < 1.29 is 14.1 Å². The number of aromatic nitrogens is 2. The van der Waals surface area contributed by atoms with E-state index >= 15 is 0 Å². The van der Waals surface area contributed by atoms with Gasteiger partial charge >= 0.3 is 5.69 Å². The van der Waals surface area contributed by atoms with Gasteiger partial charge in [0.1, 0.15) is 5.58 Å². The van der Waals surface area contributed by atoms with E-state index < -0.39 is 10.5 Å². The van der Waals surface area contributed by atoms with Crippen LogP contribution in [0, 0.1) is 10.1 Å². The highest BCUT2D eigenvalue weighted by Gasteiger charge is 2.23. The molecule has 0 aliphatic rings. The number of para-hydroxylation sites is 1. The van der Waals surface area contributed by atoms with Crippen LogP contribution in [0.2, 0.25) is 0 Å². The van der Waals surface area contributed by atoms with E-state index in [1.165, 1.54) is 12.3 Å². The van der Waals surface area contributed by atoms with Crippen LogP contribution >= 0.6 is 31.9 Å². The third-order valence-electron chi connectivity index (χ3n) is 5.92. The molecule has 2 aromatic heterocycles. The quantitative estimate of drug-likeness (QED) is 0.105. The molecule has 0 saturated carbocycles. The largest absolute Gasteiger partial charge is 0.483 e. The summed E-state index contributed by atoms with van der Waals surface area (Å²) in [4.78, 5) is 29.5. The van der Waals surface area contributed by atoms with E-state index in [-0.39, 0.29) is 23.4 Å². The molecule has 2 heterocycles. The standard InChI is InChI=1S/C27H20Br2N4O5/c1-3-15(2)37-25-17(11-19(29)13-22(25)33(35)36)14-30-32-26(31-21-7-5-4-6-20(21)27(32)34)24-12-16-10-18(28)8-9-23(16)38-24/h4-15H,3H2,1-2H3/t15-/m1/s1. The summed E-state index contributed by atoms with van der Waals surface area (Å²) in [6.45, 7) is 3.74. The molecule has 11 heteroatoms. The van der Waals surface area contributed by atoms with Gasteiger partial charge in [0.15, 0.2) is 5.76 Å². The van der Waals surface area contributed by atoms with Gasteiger partial charge in [-0.3, -0.25) is 14.9 Å². The van der Waals surface area contributed by atoms with Gasteiger partial charge in [0.25, 0.3) is 5.56 Å². The van der Waals surface area contributed by atoms with Crippen LogP contribution in [0.3, 0.4) is 0 Å². The maximum absolute atomic E-state index is 13.6. The Hall–Kier alpha value is -3.83. The lowest BCUT2D eigenvalue weighted by molar-refractivity contribution is -0.386.